The lowest BCUT2D eigenvalue weighted by molar-refractivity contribution is 0.533. The molecule has 3 rings (SSSR count). The molecule has 0 spiro atoms. The van der Waals surface area contributed by atoms with E-state index in [1.807, 2.05) is 6.92 Å². The molecule has 0 amide bonds. The monoisotopic (exact) mass is 284 g/mol. The largest absolute Gasteiger partial charge is 0.310 e. The molecule has 0 saturated heterocycles. The minimum atomic E-state index is -3.49. The molecular weight excluding hydrogens is 264 g/mol. The van der Waals surface area contributed by atoms with Crippen LogP contribution in [0.5, 0.6) is 0 Å². The molecule has 2 aliphatic carbocycles. The van der Waals surface area contributed by atoms with Gasteiger partial charge in [-0.25, -0.2) is 13.1 Å². The van der Waals surface area contributed by atoms with Gasteiger partial charge in [0, 0.05) is 24.2 Å². The first-order valence-electron chi connectivity index (χ1n) is 6.84. The van der Waals surface area contributed by atoms with E-state index in [-0.39, 0.29) is 11.1 Å². The third-order valence-corrected chi connectivity index (χ3v) is 5.35. The van der Waals surface area contributed by atoms with Crippen LogP contribution in [0.25, 0.3) is 0 Å². The van der Waals surface area contributed by atoms with Crippen molar-refractivity contribution in [1.29, 1.82) is 0 Å². The summed E-state index contributed by atoms with van der Waals surface area (Å²) in [5.74, 6) is 0.491. The molecule has 106 valence electrons. The van der Waals surface area contributed by atoms with Crippen LogP contribution < -0.4 is 10.0 Å². The first kappa shape index (κ1) is 13.1. The molecule has 3 N–H and O–H groups in total. The lowest BCUT2D eigenvalue weighted by atomic mass is 10.2. The van der Waals surface area contributed by atoms with E-state index in [0.717, 1.165) is 12.8 Å². The number of rotatable bonds is 7. The van der Waals surface area contributed by atoms with Gasteiger partial charge in [-0.2, -0.15) is 5.10 Å². The first-order chi connectivity index (χ1) is 9.06. The Balaban J connectivity index is 1.69. The zero-order valence-corrected chi connectivity index (χ0v) is 11.8. The lowest BCUT2D eigenvalue weighted by Gasteiger charge is -2.13. The average Bonchev–Trinajstić information content (AvgIpc) is 3.24. The van der Waals surface area contributed by atoms with Crippen molar-refractivity contribution in [3.8, 4) is 0 Å². The fourth-order valence-corrected chi connectivity index (χ4v) is 3.64. The molecule has 7 heteroatoms. The SMILES string of the molecule is CC(NS(=O)(=O)c1[nH]ncc1CNC1CC1)C1CC1. The molecule has 0 radical (unpaired) electrons. The molecule has 0 aliphatic heterocycles. The number of aromatic nitrogens is 2. The van der Waals surface area contributed by atoms with E-state index in [2.05, 4.69) is 20.2 Å². The number of hydrogen-bond acceptors (Lipinski definition) is 4. The van der Waals surface area contributed by atoms with E-state index in [1.165, 1.54) is 12.8 Å². The van der Waals surface area contributed by atoms with Crippen LogP contribution in [-0.2, 0) is 16.6 Å². The summed E-state index contributed by atoms with van der Waals surface area (Å²) in [6.45, 7) is 2.48. The van der Waals surface area contributed by atoms with E-state index in [4.69, 9.17) is 0 Å². The topological polar surface area (TPSA) is 86.9 Å². The molecule has 1 unspecified atom stereocenters. The van der Waals surface area contributed by atoms with E-state index in [9.17, 15) is 8.42 Å². The van der Waals surface area contributed by atoms with Gasteiger partial charge in [-0.05, 0) is 38.5 Å². The third kappa shape index (κ3) is 3.16. The molecule has 2 fully saturated rings. The molecule has 1 aromatic rings. The number of nitrogens with one attached hydrogen (secondary N) is 3. The van der Waals surface area contributed by atoms with Crippen LogP contribution in [0.4, 0.5) is 0 Å². The van der Waals surface area contributed by atoms with Crippen molar-refractivity contribution < 1.29 is 8.42 Å². The fraction of sp³-hybridized carbons (Fsp3) is 0.750. The van der Waals surface area contributed by atoms with Crippen molar-refractivity contribution in [2.24, 2.45) is 5.92 Å². The van der Waals surface area contributed by atoms with Gasteiger partial charge in [0.05, 0.1) is 6.20 Å². The molecule has 1 aromatic heterocycles. The highest BCUT2D eigenvalue weighted by atomic mass is 32.2. The van der Waals surface area contributed by atoms with E-state index < -0.39 is 10.0 Å². The van der Waals surface area contributed by atoms with Crippen molar-refractivity contribution in [3.63, 3.8) is 0 Å². The van der Waals surface area contributed by atoms with Crippen molar-refractivity contribution in [2.75, 3.05) is 0 Å². The summed E-state index contributed by atoms with van der Waals surface area (Å²) in [6, 6.07) is 0.543. The Bertz CT molecular complexity index is 546. The van der Waals surface area contributed by atoms with Gasteiger partial charge in [0.2, 0.25) is 0 Å². The third-order valence-electron chi connectivity index (χ3n) is 3.78. The van der Waals surface area contributed by atoms with Crippen molar-refractivity contribution in [2.45, 2.75) is 56.3 Å². The second-order valence-corrected chi connectivity index (χ2v) is 7.28. The molecule has 0 aromatic carbocycles. The number of H-pyrrole nitrogens is 1. The maximum atomic E-state index is 12.3. The lowest BCUT2D eigenvalue weighted by Crippen LogP contribution is -2.35. The van der Waals surface area contributed by atoms with E-state index >= 15 is 0 Å². The first-order valence-corrected chi connectivity index (χ1v) is 8.32. The molecule has 2 aliphatic rings. The fourth-order valence-electron chi connectivity index (χ4n) is 2.20. The highest BCUT2D eigenvalue weighted by molar-refractivity contribution is 7.89. The smallest absolute Gasteiger partial charge is 0.258 e. The minimum Gasteiger partial charge on any atom is -0.310 e. The summed E-state index contributed by atoms with van der Waals surface area (Å²) >= 11 is 0. The van der Waals surface area contributed by atoms with Gasteiger partial charge in [-0.3, -0.25) is 5.10 Å². The van der Waals surface area contributed by atoms with Crippen LogP contribution in [0.3, 0.4) is 0 Å². The predicted molar refractivity (Wildman–Crippen MR) is 71.0 cm³/mol. The van der Waals surface area contributed by atoms with Crippen LogP contribution in [-0.4, -0.2) is 30.7 Å². The number of sulfonamides is 1. The average molecular weight is 284 g/mol. The van der Waals surface area contributed by atoms with Gasteiger partial charge in [0.25, 0.3) is 10.0 Å². The summed E-state index contributed by atoms with van der Waals surface area (Å²) in [6.07, 6.45) is 6.17. The van der Waals surface area contributed by atoms with Gasteiger partial charge in [-0.1, -0.05) is 0 Å². The molecule has 2 saturated carbocycles. The Hall–Kier alpha value is -0.920. The molecule has 1 atom stereocenters. The summed E-state index contributed by atoms with van der Waals surface area (Å²) in [4.78, 5) is 0. The predicted octanol–water partition coefficient (Wildman–Crippen LogP) is 0.738. The van der Waals surface area contributed by atoms with Gasteiger partial charge in [0.1, 0.15) is 0 Å². The van der Waals surface area contributed by atoms with Gasteiger partial charge in [0.15, 0.2) is 5.03 Å². The summed E-state index contributed by atoms with van der Waals surface area (Å²) in [5.41, 5.74) is 0.711. The highest BCUT2D eigenvalue weighted by Gasteiger charge is 2.32. The Morgan fingerprint density at radius 1 is 1.42 bits per heavy atom. The minimum absolute atomic E-state index is 0.00228. The second kappa shape index (κ2) is 4.88. The number of nitrogens with zero attached hydrogens (tertiary/aromatic N) is 1. The summed E-state index contributed by atoms with van der Waals surface area (Å²) < 4.78 is 27.4. The summed E-state index contributed by atoms with van der Waals surface area (Å²) in [5, 5.41) is 9.99. The summed E-state index contributed by atoms with van der Waals surface area (Å²) in [7, 11) is -3.49. The molecule has 19 heavy (non-hydrogen) atoms. The maximum Gasteiger partial charge on any atom is 0.258 e. The normalized spacial score (nSPS) is 21.5. The van der Waals surface area contributed by atoms with Crippen molar-refractivity contribution in [1.82, 2.24) is 20.2 Å². The van der Waals surface area contributed by atoms with Gasteiger partial charge in [-0.15, -0.1) is 0 Å². The quantitative estimate of drug-likeness (QED) is 0.689. The Morgan fingerprint density at radius 2 is 2.16 bits per heavy atom. The number of hydrogen-bond donors (Lipinski definition) is 3. The Morgan fingerprint density at radius 3 is 2.79 bits per heavy atom. The zero-order chi connectivity index (χ0) is 13.5. The van der Waals surface area contributed by atoms with Crippen molar-refractivity contribution >= 4 is 10.0 Å². The van der Waals surface area contributed by atoms with Crippen molar-refractivity contribution in [3.05, 3.63) is 11.8 Å². The molecule has 1 heterocycles. The van der Waals surface area contributed by atoms with Crippen LogP contribution in [0, 0.1) is 5.92 Å². The van der Waals surface area contributed by atoms with Crippen LogP contribution in [0.1, 0.15) is 38.2 Å². The molecule has 0 bridgehead atoms. The number of aromatic amines is 1. The Labute approximate surface area is 113 Å². The zero-order valence-electron chi connectivity index (χ0n) is 11.0. The Kier molecular flexibility index (Phi) is 3.36. The van der Waals surface area contributed by atoms with Crippen LogP contribution in [0.15, 0.2) is 11.2 Å². The van der Waals surface area contributed by atoms with E-state index in [0.29, 0.717) is 24.1 Å². The second-order valence-electron chi connectivity index (χ2n) is 5.63. The molecular formula is C12H20N4O2S. The van der Waals surface area contributed by atoms with E-state index in [1.54, 1.807) is 6.20 Å². The highest BCUT2D eigenvalue weighted by Crippen LogP contribution is 2.33. The van der Waals surface area contributed by atoms with Gasteiger partial charge < -0.3 is 5.32 Å². The maximum absolute atomic E-state index is 12.3. The standard InChI is InChI=1S/C12H20N4O2S/c1-8(9-2-3-9)16-19(17,18)12-10(7-14-15-12)6-13-11-4-5-11/h7-9,11,13,16H,2-6H2,1H3,(H,14,15). The van der Waals surface area contributed by atoms with Crippen LogP contribution in [0.2, 0.25) is 0 Å². The molecule has 6 nitrogen and oxygen atoms in total. The van der Waals surface area contributed by atoms with Crippen LogP contribution >= 0.6 is 0 Å². The van der Waals surface area contributed by atoms with Gasteiger partial charge >= 0.3 is 0 Å².